The molecule has 0 saturated heterocycles. The summed E-state index contributed by atoms with van der Waals surface area (Å²) in [5, 5.41) is 12.9. The van der Waals surface area contributed by atoms with E-state index in [2.05, 4.69) is 5.10 Å². The average molecular weight is 323 g/mol. The molecule has 0 bridgehead atoms. The molecule has 0 radical (unpaired) electrons. The second kappa shape index (κ2) is 6.29. The number of sulfonamides is 1. The van der Waals surface area contributed by atoms with Gasteiger partial charge in [-0.3, -0.25) is 4.79 Å². The Kier molecular flexibility index (Phi) is 4.62. The zero-order valence-electron chi connectivity index (χ0n) is 12.3. The van der Waals surface area contributed by atoms with E-state index in [1.54, 1.807) is 6.92 Å². The minimum absolute atomic E-state index is 0.0305. The van der Waals surface area contributed by atoms with Crippen molar-refractivity contribution in [3.8, 4) is 5.69 Å². The first kappa shape index (κ1) is 16.2. The van der Waals surface area contributed by atoms with Crippen LogP contribution in [0.15, 0.2) is 41.6 Å². The number of carboxylic acids is 1. The highest BCUT2D eigenvalue weighted by molar-refractivity contribution is 7.89. The number of likely N-dealkylation sites (N-methyl/N-ethyl adjacent to an activating group) is 1. The van der Waals surface area contributed by atoms with Crippen LogP contribution in [0, 0.1) is 6.92 Å². The molecule has 22 heavy (non-hydrogen) atoms. The van der Waals surface area contributed by atoms with Crippen LogP contribution in [0.1, 0.15) is 12.5 Å². The van der Waals surface area contributed by atoms with Gasteiger partial charge in [0.15, 0.2) is 0 Å². The number of aromatic nitrogens is 2. The largest absolute Gasteiger partial charge is 0.480 e. The fourth-order valence-electron chi connectivity index (χ4n) is 2.02. The molecule has 0 unspecified atom stereocenters. The van der Waals surface area contributed by atoms with E-state index in [1.165, 1.54) is 17.1 Å². The zero-order valence-corrected chi connectivity index (χ0v) is 13.1. The number of carbonyl (C=O) groups is 1. The maximum atomic E-state index is 12.4. The van der Waals surface area contributed by atoms with E-state index in [1.807, 2.05) is 31.2 Å². The van der Waals surface area contributed by atoms with Crippen LogP contribution in [0.4, 0.5) is 0 Å². The first-order valence-corrected chi connectivity index (χ1v) is 8.12. The maximum Gasteiger partial charge on any atom is 0.318 e. The minimum Gasteiger partial charge on any atom is -0.480 e. The third-order valence-electron chi connectivity index (χ3n) is 3.13. The Balaban J connectivity index is 2.36. The SMILES string of the molecule is CCN(CC(=O)O)S(=O)(=O)c1cnn(-c2cccc(C)c2)c1. The molecular formula is C14H17N3O4S. The van der Waals surface area contributed by atoms with Gasteiger partial charge in [-0.2, -0.15) is 9.40 Å². The van der Waals surface area contributed by atoms with Crippen molar-refractivity contribution in [3.63, 3.8) is 0 Å². The van der Waals surface area contributed by atoms with E-state index < -0.39 is 22.5 Å². The van der Waals surface area contributed by atoms with Crippen LogP contribution in [-0.4, -0.2) is 46.7 Å². The van der Waals surface area contributed by atoms with Crippen LogP contribution < -0.4 is 0 Å². The Morgan fingerprint density at radius 3 is 2.73 bits per heavy atom. The summed E-state index contributed by atoms with van der Waals surface area (Å²) >= 11 is 0. The first-order chi connectivity index (χ1) is 10.3. The van der Waals surface area contributed by atoms with E-state index in [9.17, 15) is 13.2 Å². The van der Waals surface area contributed by atoms with Crippen LogP contribution in [0.2, 0.25) is 0 Å². The summed E-state index contributed by atoms with van der Waals surface area (Å²) in [6, 6.07) is 7.46. The molecule has 0 spiro atoms. The van der Waals surface area contributed by atoms with Gasteiger partial charge in [-0.15, -0.1) is 0 Å². The Labute approximate surface area is 128 Å². The predicted octanol–water partition coefficient (Wildman–Crippen LogP) is 1.28. The molecule has 0 aliphatic carbocycles. The highest BCUT2D eigenvalue weighted by Crippen LogP contribution is 2.17. The van der Waals surface area contributed by atoms with Crippen LogP contribution in [0.25, 0.3) is 5.69 Å². The predicted molar refractivity (Wildman–Crippen MR) is 80.4 cm³/mol. The van der Waals surface area contributed by atoms with Gasteiger partial charge in [-0.1, -0.05) is 19.1 Å². The highest BCUT2D eigenvalue weighted by atomic mass is 32.2. The fourth-order valence-corrected chi connectivity index (χ4v) is 3.35. The summed E-state index contributed by atoms with van der Waals surface area (Å²) < 4.78 is 27.2. The van der Waals surface area contributed by atoms with E-state index in [0.29, 0.717) is 0 Å². The van der Waals surface area contributed by atoms with E-state index in [4.69, 9.17) is 5.11 Å². The molecule has 1 N–H and O–H groups in total. The second-order valence-corrected chi connectivity index (χ2v) is 6.72. The number of carboxylic acid groups (broad SMARTS) is 1. The van der Waals surface area contributed by atoms with Gasteiger partial charge in [-0.25, -0.2) is 13.1 Å². The molecule has 2 aromatic rings. The molecule has 0 amide bonds. The van der Waals surface area contributed by atoms with E-state index in [0.717, 1.165) is 15.6 Å². The molecule has 1 heterocycles. The van der Waals surface area contributed by atoms with Gasteiger partial charge in [0.25, 0.3) is 0 Å². The number of aliphatic carboxylic acids is 1. The second-order valence-electron chi connectivity index (χ2n) is 4.78. The number of hydrogen-bond donors (Lipinski definition) is 1. The van der Waals surface area contributed by atoms with Gasteiger partial charge in [0.05, 0.1) is 18.1 Å². The van der Waals surface area contributed by atoms with Crippen molar-refractivity contribution in [2.75, 3.05) is 13.1 Å². The van der Waals surface area contributed by atoms with Crippen molar-refractivity contribution in [3.05, 3.63) is 42.2 Å². The standard InChI is InChI=1S/C14H17N3O4S/c1-3-16(10-14(18)19)22(20,21)13-8-15-17(9-13)12-6-4-5-11(2)7-12/h4-9H,3,10H2,1-2H3,(H,18,19). The Morgan fingerprint density at radius 2 is 2.14 bits per heavy atom. The van der Waals surface area contributed by atoms with Gasteiger partial charge in [-0.05, 0) is 24.6 Å². The summed E-state index contributed by atoms with van der Waals surface area (Å²) in [5.41, 5.74) is 1.77. The smallest absolute Gasteiger partial charge is 0.318 e. The number of rotatable bonds is 6. The summed E-state index contributed by atoms with van der Waals surface area (Å²) in [7, 11) is -3.87. The lowest BCUT2D eigenvalue weighted by molar-refractivity contribution is -0.137. The highest BCUT2D eigenvalue weighted by Gasteiger charge is 2.26. The van der Waals surface area contributed by atoms with Gasteiger partial charge in [0, 0.05) is 6.54 Å². The van der Waals surface area contributed by atoms with Crippen molar-refractivity contribution < 1.29 is 18.3 Å². The van der Waals surface area contributed by atoms with Crippen molar-refractivity contribution >= 4 is 16.0 Å². The fraction of sp³-hybridized carbons (Fsp3) is 0.286. The minimum atomic E-state index is -3.87. The van der Waals surface area contributed by atoms with Gasteiger partial charge in [0.2, 0.25) is 10.0 Å². The van der Waals surface area contributed by atoms with Crippen molar-refractivity contribution in [2.24, 2.45) is 0 Å². The van der Waals surface area contributed by atoms with Gasteiger partial charge >= 0.3 is 5.97 Å². The van der Waals surface area contributed by atoms with Crippen molar-refractivity contribution in [1.82, 2.24) is 14.1 Å². The van der Waals surface area contributed by atoms with Crippen LogP contribution >= 0.6 is 0 Å². The number of nitrogens with zero attached hydrogens (tertiary/aromatic N) is 3. The molecule has 0 aliphatic heterocycles. The normalized spacial score (nSPS) is 11.8. The Morgan fingerprint density at radius 1 is 1.41 bits per heavy atom. The number of aryl methyl sites for hydroxylation is 1. The molecular weight excluding hydrogens is 306 g/mol. The lowest BCUT2D eigenvalue weighted by Gasteiger charge is -2.16. The Hall–Kier alpha value is -2.19. The number of hydrogen-bond acceptors (Lipinski definition) is 4. The molecule has 8 heteroatoms. The summed E-state index contributed by atoms with van der Waals surface area (Å²) in [6.07, 6.45) is 2.61. The first-order valence-electron chi connectivity index (χ1n) is 6.68. The molecule has 0 fully saturated rings. The topological polar surface area (TPSA) is 92.5 Å². The third kappa shape index (κ3) is 3.34. The third-order valence-corrected chi connectivity index (χ3v) is 5.00. The summed E-state index contributed by atoms with van der Waals surface area (Å²) in [4.78, 5) is 10.8. The monoisotopic (exact) mass is 323 g/mol. The molecule has 0 saturated carbocycles. The van der Waals surface area contributed by atoms with E-state index in [-0.39, 0.29) is 11.4 Å². The maximum absolute atomic E-state index is 12.4. The summed E-state index contributed by atoms with van der Waals surface area (Å²) in [5.74, 6) is -1.20. The molecule has 0 atom stereocenters. The molecule has 1 aromatic heterocycles. The Bertz CT molecular complexity index is 783. The van der Waals surface area contributed by atoms with E-state index >= 15 is 0 Å². The quantitative estimate of drug-likeness (QED) is 0.864. The lowest BCUT2D eigenvalue weighted by Crippen LogP contribution is -2.35. The lowest BCUT2D eigenvalue weighted by atomic mass is 10.2. The molecule has 7 nitrogen and oxygen atoms in total. The van der Waals surface area contributed by atoms with Gasteiger partial charge < -0.3 is 5.11 Å². The van der Waals surface area contributed by atoms with Crippen LogP contribution in [0.5, 0.6) is 0 Å². The molecule has 0 aliphatic rings. The summed E-state index contributed by atoms with van der Waals surface area (Å²) in [6.45, 7) is 3.01. The van der Waals surface area contributed by atoms with Crippen molar-refractivity contribution in [2.45, 2.75) is 18.7 Å². The van der Waals surface area contributed by atoms with Crippen LogP contribution in [0.3, 0.4) is 0 Å². The molecule has 1 aromatic carbocycles. The zero-order chi connectivity index (χ0) is 16.3. The number of benzene rings is 1. The van der Waals surface area contributed by atoms with Gasteiger partial charge in [0.1, 0.15) is 11.4 Å². The van der Waals surface area contributed by atoms with Crippen LogP contribution in [-0.2, 0) is 14.8 Å². The molecule has 118 valence electrons. The molecule has 2 rings (SSSR count). The average Bonchev–Trinajstić information content (AvgIpc) is 2.95. The van der Waals surface area contributed by atoms with Crippen molar-refractivity contribution in [1.29, 1.82) is 0 Å².